The van der Waals surface area contributed by atoms with Gasteiger partial charge < -0.3 is 15.4 Å². The van der Waals surface area contributed by atoms with E-state index in [1.54, 1.807) is 0 Å². The summed E-state index contributed by atoms with van der Waals surface area (Å²) in [5.41, 5.74) is 0. The first-order chi connectivity index (χ1) is 9.11. The summed E-state index contributed by atoms with van der Waals surface area (Å²) < 4.78 is 6.75. The first-order valence-electron chi connectivity index (χ1n) is 6.44. The van der Waals surface area contributed by atoms with E-state index in [0.29, 0.717) is 25.6 Å². The molecule has 1 aromatic carbocycles. The van der Waals surface area contributed by atoms with Crippen LogP contribution in [0.25, 0.3) is 0 Å². The number of hydrogen-bond donors (Lipinski definition) is 2. The summed E-state index contributed by atoms with van der Waals surface area (Å²) in [5, 5.41) is 5.96. The Morgan fingerprint density at radius 2 is 2.00 bits per heavy atom. The number of amides is 1. The van der Waals surface area contributed by atoms with Gasteiger partial charge >= 0.3 is 0 Å². The number of carbonyl (C=O) groups excluding carboxylic acids is 1. The molecule has 1 aromatic rings. The number of ether oxygens (including phenoxy) is 1. The van der Waals surface area contributed by atoms with Crippen LogP contribution in [0.1, 0.15) is 19.8 Å². The molecule has 114 valence electrons. The van der Waals surface area contributed by atoms with Crippen molar-refractivity contribution in [1.29, 1.82) is 0 Å². The SMILES string of the molecule is CNC(C)CNC(=O)CCCOc1ccc(I)cc1.Cl. The first kappa shape index (κ1) is 19.5. The zero-order valence-corrected chi connectivity index (χ0v) is 14.8. The van der Waals surface area contributed by atoms with E-state index in [2.05, 4.69) is 33.2 Å². The molecule has 1 amide bonds. The lowest BCUT2D eigenvalue weighted by molar-refractivity contribution is -0.121. The van der Waals surface area contributed by atoms with Crippen molar-refractivity contribution in [2.45, 2.75) is 25.8 Å². The van der Waals surface area contributed by atoms with Gasteiger partial charge in [0, 0.05) is 22.6 Å². The van der Waals surface area contributed by atoms with Crippen LogP contribution in [0.4, 0.5) is 0 Å². The van der Waals surface area contributed by atoms with Gasteiger partial charge in [-0.25, -0.2) is 0 Å². The highest BCUT2D eigenvalue weighted by Gasteiger charge is 2.03. The summed E-state index contributed by atoms with van der Waals surface area (Å²) in [6.07, 6.45) is 1.23. The Labute approximate surface area is 140 Å². The number of likely N-dealkylation sites (N-methyl/N-ethyl adjacent to an activating group) is 1. The summed E-state index contributed by atoms with van der Waals surface area (Å²) in [5.74, 6) is 0.929. The minimum Gasteiger partial charge on any atom is -0.494 e. The molecule has 0 bridgehead atoms. The van der Waals surface area contributed by atoms with E-state index in [1.807, 2.05) is 38.2 Å². The molecular weight excluding hydrogens is 391 g/mol. The Morgan fingerprint density at radius 3 is 2.60 bits per heavy atom. The van der Waals surface area contributed by atoms with E-state index in [-0.39, 0.29) is 18.3 Å². The number of halogens is 2. The van der Waals surface area contributed by atoms with Crippen molar-refractivity contribution in [3.05, 3.63) is 27.8 Å². The standard InChI is InChI=1S/C14H21IN2O2.ClH/c1-11(16-2)10-17-14(18)4-3-9-19-13-7-5-12(15)6-8-13;/h5-8,11,16H,3-4,9-10H2,1-2H3,(H,17,18);1H. The summed E-state index contributed by atoms with van der Waals surface area (Å²) in [6, 6.07) is 8.18. The predicted octanol–water partition coefficient (Wildman–Crippen LogP) is 2.60. The van der Waals surface area contributed by atoms with Gasteiger partial charge in [0.1, 0.15) is 5.75 Å². The van der Waals surface area contributed by atoms with Gasteiger partial charge in [0.25, 0.3) is 0 Å². The average molecular weight is 413 g/mol. The first-order valence-corrected chi connectivity index (χ1v) is 7.52. The molecule has 0 saturated carbocycles. The second-order valence-electron chi connectivity index (χ2n) is 4.40. The Bertz CT molecular complexity index is 387. The lowest BCUT2D eigenvalue weighted by Gasteiger charge is -2.11. The molecule has 20 heavy (non-hydrogen) atoms. The molecule has 0 saturated heterocycles. The Morgan fingerprint density at radius 1 is 1.35 bits per heavy atom. The van der Waals surface area contributed by atoms with Crippen molar-refractivity contribution >= 4 is 40.9 Å². The fourth-order valence-electron chi connectivity index (χ4n) is 1.41. The third kappa shape index (κ3) is 8.60. The molecule has 0 radical (unpaired) electrons. The van der Waals surface area contributed by atoms with E-state index in [4.69, 9.17) is 4.74 Å². The van der Waals surface area contributed by atoms with Gasteiger partial charge in [-0.15, -0.1) is 12.4 Å². The maximum atomic E-state index is 11.5. The van der Waals surface area contributed by atoms with E-state index in [0.717, 1.165) is 12.2 Å². The largest absolute Gasteiger partial charge is 0.494 e. The van der Waals surface area contributed by atoms with Crippen molar-refractivity contribution < 1.29 is 9.53 Å². The van der Waals surface area contributed by atoms with E-state index in [9.17, 15) is 4.79 Å². The molecule has 0 heterocycles. The third-order valence-corrected chi connectivity index (χ3v) is 3.45. The average Bonchev–Trinajstić information content (AvgIpc) is 2.42. The van der Waals surface area contributed by atoms with Crippen LogP contribution in [0.3, 0.4) is 0 Å². The maximum absolute atomic E-state index is 11.5. The van der Waals surface area contributed by atoms with Gasteiger partial charge in [0.05, 0.1) is 6.61 Å². The molecule has 0 fully saturated rings. The smallest absolute Gasteiger partial charge is 0.220 e. The number of carbonyl (C=O) groups is 1. The predicted molar refractivity (Wildman–Crippen MR) is 92.7 cm³/mol. The number of benzene rings is 1. The van der Waals surface area contributed by atoms with Crippen molar-refractivity contribution in [2.24, 2.45) is 0 Å². The maximum Gasteiger partial charge on any atom is 0.220 e. The van der Waals surface area contributed by atoms with Crippen LogP contribution in [-0.4, -0.2) is 32.1 Å². The van der Waals surface area contributed by atoms with Gasteiger partial charge in [0.2, 0.25) is 5.91 Å². The van der Waals surface area contributed by atoms with Crippen molar-refractivity contribution in [3.8, 4) is 5.75 Å². The monoisotopic (exact) mass is 412 g/mol. The highest BCUT2D eigenvalue weighted by atomic mass is 127. The van der Waals surface area contributed by atoms with Crippen LogP contribution in [-0.2, 0) is 4.79 Å². The highest BCUT2D eigenvalue weighted by molar-refractivity contribution is 14.1. The van der Waals surface area contributed by atoms with E-state index < -0.39 is 0 Å². The molecule has 0 aliphatic heterocycles. The van der Waals surface area contributed by atoms with Crippen molar-refractivity contribution in [3.63, 3.8) is 0 Å². The molecule has 4 nitrogen and oxygen atoms in total. The van der Waals surface area contributed by atoms with E-state index in [1.165, 1.54) is 3.57 Å². The number of nitrogens with one attached hydrogen (secondary N) is 2. The number of hydrogen-bond acceptors (Lipinski definition) is 3. The van der Waals surface area contributed by atoms with Gasteiger partial charge in [-0.05, 0) is 67.2 Å². The fraction of sp³-hybridized carbons (Fsp3) is 0.500. The third-order valence-electron chi connectivity index (χ3n) is 2.73. The van der Waals surface area contributed by atoms with Gasteiger partial charge in [0.15, 0.2) is 0 Å². The van der Waals surface area contributed by atoms with Crippen LogP contribution < -0.4 is 15.4 Å². The molecule has 0 spiro atoms. The van der Waals surface area contributed by atoms with Gasteiger partial charge in [-0.2, -0.15) is 0 Å². The van der Waals surface area contributed by atoms with Crippen LogP contribution in [0.2, 0.25) is 0 Å². The Kier molecular flexibility index (Phi) is 10.9. The normalized spacial score (nSPS) is 11.3. The fourth-order valence-corrected chi connectivity index (χ4v) is 1.77. The summed E-state index contributed by atoms with van der Waals surface area (Å²) in [7, 11) is 1.88. The van der Waals surface area contributed by atoms with Crippen molar-refractivity contribution in [2.75, 3.05) is 20.2 Å². The summed E-state index contributed by atoms with van der Waals surface area (Å²) in [4.78, 5) is 11.5. The Hall–Kier alpha value is -0.530. The minimum atomic E-state index is 0. The lowest BCUT2D eigenvalue weighted by atomic mass is 10.3. The summed E-state index contributed by atoms with van der Waals surface area (Å²) in [6.45, 7) is 3.25. The molecule has 6 heteroatoms. The van der Waals surface area contributed by atoms with Crippen LogP contribution >= 0.6 is 35.0 Å². The molecule has 0 aliphatic carbocycles. The summed E-state index contributed by atoms with van der Waals surface area (Å²) >= 11 is 2.25. The van der Waals surface area contributed by atoms with Gasteiger partial charge in [-0.3, -0.25) is 4.79 Å². The van der Waals surface area contributed by atoms with Crippen molar-refractivity contribution in [1.82, 2.24) is 10.6 Å². The van der Waals surface area contributed by atoms with Crippen LogP contribution in [0.5, 0.6) is 5.75 Å². The quantitative estimate of drug-likeness (QED) is 0.510. The molecule has 1 rings (SSSR count). The zero-order valence-electron chi connectivity index (χ0n) is 11.8. The molecule has 1 unspecified atom stereocenters. The molecular formula is C14H22ClIN2O2. The second-order valence-corrected chi connectivity index (χ2v) is 5.65. The number of rotatable bonds is 8. The van der Waals surface area contributed by atoms with Crippen LogP contribution in [0.15, 0.2) is 24.3 Å². The zero-order chi connectivity index (χ0) is 14.1. The minimum absolute atomic E-state index is 0. The van der Waals surface area contributed by atoms with E-state index >= 15 is 0 Å². The topological polar surface area (TPSA) is 50.4 Å². The molecule has 2 N–H and O–H groups in total. The Balaban J connectivity index is 0.00000361. The van der Waals surface area contributed by atoms with Crippen LogP contribution in [0, 0.1) is 3.57 Å². The molecule has 1 atom stereocenters. The second kappa shape index (κ2) is 11.2. The molecule has 0 aliphatic rings. The lowest BCUT2D eigenvalue weighted by Crippen LogP contribution is -2.37. The van der Waals surface area contributed by atoms with Gasteiger partial charge in [-0.1, -0.05) is 0 Å². The molecule has 0 aromatic heterocycles. The highest BCUT2D eigenvalue weighted by Crippen LogP contribution is 2.13.